The molecular weight excluding hydrogens is 409 g/mol. The Labute approximate surface area is 156 Å². The molecule has 0 aromatic heterocycles. The highest BCUT2D eigenvalue weighted by Crippen LogP contribution is 2.43. The summed E-state index contributed by atoms with van der Waals surface area (Å²) in [5, 5.41) is 0. The van der Waals surface area contributed by atoms with E-state index in [2.05, 4.69) is 34.7 Å². The predicted octanol–water partition coefficient (Wildman–Crippen LogP) is 5.95. The molecule has 0 unspecified atom stereocenters. The largest absolute Gasteiger partial charge is 0.275 e. The molecule has 1 heterocycles. The van der Waals surface area contributed by atoms with Gasteiger partial charge in [0.05, 0.1) is 5.70 Å². The van der Waals surface area contributed by atoms with Crippen LogP contribution in [-0.4, -0.2) is 5.91 Å². The highest BCUT2D eigenvalue weighted by molar-refractivity contribution is 14.1. The maximum Gasteiger partial charge on any atom is 0.263 e. The van der Waals surface area contributed by atoms with Crippen LogP contribution in [0.2, 0.25) is 0 Å². The number of hydrogen-bond donors (Lipinski definition) is 0. The zero-order valence-corrected chi connectivity index (χ0v) is 15.5. The molecule has 1 amide bonds. The lowest BCUT2D eigenvalue weighted by molar-refractivity contribution is 0.101. The lowest BCUT2D eigenvalue weighted by Crippen LogP contribution is -2.23. The van der Waals surface area contributed by atoms with E-state index in [1.165, 1.54) is 22.0 Å². The van der Waals surface area contributed by atoms with Gasteiger partial charge in [-0.25, -0.2) is 0 Å². The fourth-order valence-electron chi connectivity index (χ4n) is 3.45. The number of amides is 1. The number of hydrogen-bond acceptors (Lipinski definition) is 1. The summed E-state index contributed by atoms with van der Waals surface area (Å²) in [6.07, 6.45) is 7.07. The van der Waals surface area contributed by atoms with Crippen molar-refractivity contribution in [3.8, 4) is 0 Å². The van der Waals surface area contributed by atoms with Crippen molar-refractivity contribution in [2.75, 3.05) is 4.90 Å². The van der Waals surface area contributed by atoms with Crippen LogP contribution in [-0.2, 0) is 0 Å². The molecule has 2 nitrogen and oxygen atoms in total. The highest BCUT2D eigenvalue weighted by atomic mass is 127. The summed E-state index contributed by atoms with van der Waals surface area (Å²) < 4.78 is 1.20. The molecule has 4 rings (SSSR count). The standard InChI is InChI=1S/C21H18INO/c22-19(15-9-3-1-4-10-15)20-17-13-7-8-14-18(17)21(24)23(20)16-11-5-2-6-12-16/h2,5-9,11-14H,1,3-4,10H2/b20-19-. The second-order valence-corrected chi connectivity index (χ2v) is 7.24. The molecule has 2 aromatic carbocycles. The van der Waals surface area contributed by atoms with E-state index in [-0.39, 0.29) is 5.91 Å². The van der Waals surface area contributed by atoms with E-state index in [0.717, 1.165) is 35.4 Å². The second kappa shape index (κ2) is 6.55. The number of anilines is 1. The van der Waals surface area contributed by atoms with Crippen LogP contribution in [0.1, 0.15) is 41.6 Å². The van der Waals surface area contributed by atoms with Crippen molar-refractivity contribution in [2.24, 2.45) is 0 Å². The van der Waals surface area contributed by atoms with Gasteiger partial charge in [0, 0.05) is 20.4 Å². The molecule has 24 heavy (non-hydrogen) atoms. The number of nitrogens with zero attached hydrogens (tertiary/aromatic N) is 1. The SMILES string of the molecule is O=C1c2ccccc2/C(=C(/I)C2=CCCCC2)N1c1ccccc1. The quantitative estimate of drug-likeness (QED) is 0.543. The summed E-state index contributed by atoms with van der Waals surface area (Å²) >= 11 is 2.43. The molecule has 2 aromatic rings. The average Bonchev–Trinajstić information content (AvgIpc) is 2.95. The molecule has 1 aliphatic heterocycles. The van der Waals surface area contributed by atoms with E-state index in [1.807, 2.05) is 53.4 Å². The molecule has 0 spiro atoms. The van der Waals surface area contributed by atoms with Crippen molar-refractivity contribution in [1.29, 1.82) is 0 Å². The summed E-state index contributed by atoms with van der Waals surface area (Å²) in [5.41, 5.74) is 5.18. The molecule has 0 saturated carbocycles. The Hall–Kier alpha value is -1.88. The maximum absolute atomic E-state index is 13.1. The number of halogens is 1. The van der Waals surface area contributed by atoms with Crippen LogP contribution in [0, 0.1) is 0 Å². The van der Waals surface area contributed by atoms with Crippen molar-refractivity contribution >= 4 is 39.9 Å². The van der Waals surface area contributed by atoms with Crippen molar-refractivity contribution in [3.05, 3.63) is 81.0 Å². The third-order valence-corrected chi connectivity index (χ3v) is 5.84. The van der Waals surface area contributed by atoms with E-state index in [9.17, 15) is 4.79 Å². The fraction of sp³-hybridized carbons (Fsp3) is 0.190. The van der Waals surface area contributed by atoms with Crippen LogP contribution in [0.3, 0.4) is 0 Å². The number of fused-ring (bicyclic) bond motifs is 1. The van der Waals surface area contributed by atoms with Crippen LogP contribution in [0.25, 0.3) is 5.70 Å². The van der Waals surface area contributed by atoms with Gasteiger partial charge in [-0.05, 0) is 72.0 Å². The van der Waals surface area contributed by atoms with Gasteiger partial charge in [-0.1, -0.05) is 42.5 Å². The summed E-state index contributed by atoms with van der Waals surface area (Å²) in [6, 6.07) is 17.9. The van der Waals surface area contributed by atoms with Gasteiger partial charge in [-0.2, -0.15) is 0 Å². The van der Waals surface area contributed by atoms with E-state index in [1.54, 1.807) is 0 Å². The summed E-state index contributed by atoms with van der Waals surface area (Å²) in [5.74, 6) is 0.0670. The topological polar surface area (TPSA) is 20.3 Å². The van der Waals surface area contributed by atoms with Crippen molar-refractivity contribution in [3.63, 3.8) is 0 Å². The zero-order chi connectivity index (χ0) is 16.5. The summed E-state index contributed by atoms with van der Waals surface area (Å²) in [4.78, 5) is 14.9. The number of allylic oxidation sites excluding steroid dienone is 3. The normalized spacial score (nSPS) is 19.1. The van der Waals surface area contributed by atoms with E-state index in [4.69, 9.17) is 0 Å². The smallest absolute Gasteiger partial charge is 0.263 e. The first kappa shape index (κ1) is 15.6. The lowest BCUT2D eigenvalue weighted by atomic mass is 9.97. The van der Waals surface area contributed by atoms with Gasteiger partial charge in [0.25, 0.3) is 5.91 Å². The Morgan fingerprint density at radius 2 is 1.62 bits per heavy atom. The Morgan fingerprint density at radius 3 is 2.33 bits per heavy atom. The average molecular weight is 427 g/mol. The van der Waals surface area contributed by atoms with Crippen LogP contribution in [0.4, 0.5) is 5.69 Å². The third kappa shape index (κ3) is 2.61. The van der Waals surface area contributed by atoms with Crippen LogP contribution < -0.4 is 4.90 Å². The molecule has 0 bridgehead atoms. The van der Waals surface area contributed by atoms with Gasteiger partial charge in [-0.15, -0.1) is 0 Å². The zero-order valence-electron chi connectivity index (χ0n) is 13.3. The molecule has 0 fully saturated rings. The van der Waals surface area contributed by atoms with Crippen LogP contribution >= 0.6 is 22.6 Å². The van der Waals surface area contributed by atoms with Crippen molar-refractivity contribution in [1.82, 2.24) is 0 Å². The lowest BCUT2D eigenvalue weighted by Gasteiger charge is -2.22. The predicted molar refractivity (Wildman–Crippen MR) is 107 cm³/mol. The number of carbonyl (C=O) groups is 1. The van der Waals surface area contributed by atoms with Gasteiger partial charge in [0.15, 0.2) is 0 Å². The van der Waals surface area contributed by atoms with E-state index < -0.39 is 0 Å². The van der Waals surface area contributed by atoms with Crippen molar-refractivity contribution < 1.29 is 4.79 Å². The third-order valence-electron chi connectivity index (χ3n) is 4.63. The maximum atomic E-state index is 13.1. The monoisotopic (exact) mass is 427 g/mol. The van der Waals surface area contributed by atoms with Crippen LogP contribution in [0.5, 0.6) is 0 Å². The van der Waals surface area contributed by atoms with Gasteiger partial charge < -0.3 is 0 Å². The number of rotatable bonds is 2. The Balaban J connectivity index is 1.93. The Morgan fingerprint density at radius 1 is 0.917 bits per heavy atom. The molecule has 2 aliphatic rings. The molecule has 3 heteroatoms. The van der Waals surface area contributed by atoms with Gasteiger partial charge in [0.1, 0.15) is 0 Å². The Bertz CT molecular complexity index is 851. The molecule has 0 radical (unpaired) electrons. The minimum atomic E-state index is 0.0670. The summed E-state index contributed by atoms with van der Waals surface area (Å²) in [6.45, 7) is 0. The van der Waals surface area contributed by atoms with Crippen LogP contribution in [0.15, 0.2) is 69.8 Å². The molecule has 120 valence electrons. The van der Waals surface area contributed by atoms with Gasteiger partial charge in [-0.3, -0.25) is 9.69 Å². The highest BCUT2D eigenvalue weighted by Gasteiger charge is 2.35. The molecule has 0 atom stereocenters. The number of carbonyl (C=O) groups excluding carboxylic acids is 1. The van der Waals surface area contributed by atoms with E-state index >= 15 is 0 Å². The van der Waals surface area contributed by atoms with E-state index in [0.29, 0.717) is 0 Å². The Kier molecular flexibility index (Phi) is 4.27. The first-order valence-electron chi connectivity index (χ1n) is 8.35. The summed E-state index contributed by atoms with van der Waals surface area (Å²) in [7, 11) is 0. The van der Waals surface area contributed by atoms with Crippen molar-refractivity contribution in [2.45, 2.75) is 25.7 Å². The number of benzene rings is 2. The number of para-hydroxylation sites is 1. The fourth-order valence-corrected chi connectivity index (χ4v) is 4.47. The molecular formula is C21H18INO. The second-order valence-electron chi connectivity index (χ2n) is 6.16. The molecule has 1 aliphatic carbocycles. The molecule has 0 saturated heterocycles. The first-order chi connectivity index (χ1) is 11.8. The minimum absolute atomic E-state index is 0.0670. The molecule has 0 N–H and O–H groups in total. The first-order valence-corrected chi connectivity index (χ1v) is 9.43. The van der Waals surface area contributed by atoms with Gasteiger partial charge in [0.2, 0.25) is 0 Å². The minimum Gasteiger partial charge on any atom is -0.275 e. The van der Waals surface area contributed by atoms with Gasteiger partial charge >= 0.3 is 0 Å².